The van der Waals surface area contributed by atoms with E-state index in [0.29, 0.717) is 11.5 Å². The average Bonchev–Trinajstić information content (AvgIpc) is 3.01. The van der Waals surface area contributed by atoms with Crippen LogP contribution in [0.4, 0.5) is 10.7 Å². The number of amides is 1. The molecule has 0 aliphatic heterocycles. The summed E-state index contributed by atoms with van der Waals surface area (Å²) >= 11 is 0. The van der Waals surface area contributed by atoms with Gasteiger partial charge < -0.3 is 14.4 Å². The Morgan fingerprint density at radius 2 is 2.23 bits per heavy atom. The largest absolute Gasteiger partial charge is 0.493 e. The number of ether oxygens (including phenoxy) is 2. The van der Waals surface area contributed by atoms with E-state index in [1.807, 2.05) is 0 Å². The quantitative estimate of drug-likeness (QED) is 0.617. The van der Waals surface area contributed by atoms with Crippen LogP contribution in [0.15, 0.2) is 23.3 Å². The number of benzene rings is 1. The summed E-state index contributed by atoms with van der Waals surface area (Å²) in [7, 11) is 4.68. The first-order chi connectivity index (χ1) is 10.6. The molecule has 0 aliphatic rings. The van der Waals surface area contributed by atoms with Gasteiger partial charge in [-0.1, -0.05) is 5.10 Å². The van der Waals surface area contributed by atoms with Gasteiger partial charge in [0.2, 0.25) is 0 Å². The molecule has 116 valence electrons. The molecule has 0 atom stereocenters. The summed E-state index contributed by atoms with van der Waals surface area (Å²) in [6.07, 6.45) is 1.05. The zero-order chi connectivity index (χ0) is 15.9. The molecule has 22 heavy (non-hydrogen) atoms. The third-order valence-corrected chi connectivity index (χ3v) is 2.47. The van der Waals surface area contributed by atoms with Crippen LogP contribution in [-0.4, -0.2) is 59.0 Å². The minimum Gasteiger partial charge on any atom is -0.493 e. The van der Waals surface area contributed by atoms with Crippen LogP contribution in [0.25, 0.3) is 0 Å². The molecule has 1 aromatic heterocycles. The maximum atomic E-state index is 11.6. The van der Waals surface area contributed by atoms with Crippen molar-refractivity contribution in [2.75, 3.05) is 26.6 Å². The van der Waals surface area contributed by atoms with E-state index >= 15 is 0 Å². The molecule has 1 amide bonds. The molecule has 0 fully saturated rings. The van der Waals surface area contributed by atoms with Crippen LogP contribution in [0.3, 0.4) is 0 Å². The number of rotatable bonds is 5. The van der Waals surface area contributed by atoms with E-state index < -0.39 is 6.09 Å². The number of carbonyl (C=O) groups excluding carboxylic acids is 1. The number of anilines is 1. The predicted molar refractivity (Wildman–Crippen MR) is 78.1 cm³/mol. The van der Waals surface area contributed by atoms with Gasteiger partial charge in [0.25, 0.3) is 5.95 Å². The van der Waals surface area contributed by atoms with E-state index in [1.54, 1.807) is 32.3 Å². The summed E-state index contributed by atoms with van der Waals surface area (Å²) in [5.41, 5.74) is 3.33. The Labute approximate surface area is 126 Å². The molecule has 0 bridgehead atoms. The summed E-state index contributed by atoms with van der Waals surface area (Å²) < 4.78 is 10.4. The van der Waals surface area contributed by atoms with E-state index in [2.05, 4.69) is 31.2 Å². The van der Waals surface area contributed by atoms with E-state index in [1.165, 1.54) is 18.2 Å². The van der Waals surface area contributed by atoms with Crippen molar-refractivity contribution >= 4 is 18.3 Å². The van der Waals surface area contributed by atoms with Crippen LogP contribution in [-0.2, 0) is 0 Å². The number of hydrazone groups is 1. The summed E-state index contributed by atoms with van der Waals surface area (Å²) in [5.74, 6) is 0.989. The standard InChI is InChI=1S/C12H15N7O3/c1-19(2)12(20)22-9-5-4-8(6-10(9)21-3)7-13-14-11-15-17-18-16-11/h4-7H,1-3H3,(H2,14,15,16,17,18)/b13-7-. The number of aromatic nitrogens is 4. The molecule has 10 nitrogen and oxygen atoms in total. The van der Waals surface area contributed by atoms with Crippen molar-refractivity contribution in [2.24, 2.45) is 5.10 Å². The molecule has 0 radical (unpaired) electrons. The number of nitrogens with one attached hydrogen (secondary N) is 2. The normalized spacial score (nSPS) is 10.5. The molecule has 2 aromatic rings. The molecular weight excluding hydrogens is 290 g/mol. The lowest BCUT2D eigenvalue weighted by Gasteiger charge is -2.13. The Morgan fingerprint density at radius 3 is 2.86 bits per heavy atom. The van der Waals surface area contributed by atoms with Gasteiger partial charge in [-0.25, -0.2) is 10.2 Å². The number of tetrazole rings is 1. The van der Waals surface area contributed by atoms with E-state index in [0.717, 1.165) is 5.56 Å². The fraction of sp³-hybridized carbons (Fsp3) is 0.250. The Balaban J connectivity index is 2.07. The Bertz CT molecular complexity index is 655. The number of hydrogen-bond acceptors (Lipinski definition) is 8. The average molecular weight is 305 g/mol. The number of aromatic amines is 1. The van der Waals surface area contributed by atoms with Crippen molar-refractivity contribution in [1.29, 1.82) is 0 Å². The summed E-state index contributed by atoms with van der Waals surface area (Å²) in [5, 5.41) is 17.0. The maximum absolute atomic E-state index is 11.6. The van der Waals surface area contributed by atoms with Crippen molar-refractivity contribution in [2.45, 2.75) is 0 Å². The monoisotopic (exact) mass is 305 g/mol. The van der Waals surface area contributed by atoms with Gasteiger partial charge in [-0.2, -0.15) is 10.3 Å². The first kappa shape index (κ1) is 15.2. The number of H-pyrrole nitrogens is 1. The van der Waals surface area contributed by atoms with Crippen LogP contribution in [0, 0.1) is 0 Å². The summed E-state index contributed by atoms with van der Waals surface area (Å²) in [6.45, 7) is 0. The third kappa shape index (κ3) is 3.91. The van der Waals surface area contributed by atoms with Gasteiger partial charge in [-0.05, 0) is 29.0 Å². The van der Waals surface area contributed by atoms with Crippen molar-refractivity contribution in [1.82, 2.24) is 25.5 Å². The number of nitrogens with zero attached hydrogens (tertiary/aromatic N) is 5. The van der Waals surface area contributed by atoms with Crippen LogP contribution >= 0.6 is 0 Å². The van der Waals surface area contributed by atoms with Gasteiger partial charge in [0.1, 0.15) is 0 Å². The zero-order valence-electron chi connectivity index (χ0n) is 12.3. The van der Waals surface area contributed by atoms with Crippen LogP contribution in [0.1, 0.15) is 5.56 Å². The van der Waals surface area contributed by atoms with E-state index in [4.69, 9.17) is 9.47 Å². The van der Waals surface area contributed by atoms with Crippen molar-refractivity contribution in [3.63, 3.8) is 0 Å². The molecule has 0 aliphatic carbocycles. The topological polar surface area (TPSA) is 118 Å². The molecule has 1 heterocycles. The molecule has 2 rings (SSSR count). The van der Waals surface area contributed by atoms with Crippen LogP contribution in [0.5, 0.6) is 11.5 Å². The highest BCUT2D eigenvalue weighted by atomic mass is 16.6. The van der Waals surface area contributed by atoms with Gasteiger partial charge in [-0.15, -0.1) is 5.10 Å². The smallest absolute Gasteiger partial charge is 0.414 e. The molecule has 2 N–H and O–H groups in total. The predicted octanol–water partition coefficient (Wildman–Crippen LogP) is 0.715. The molecule has 1 aromatic carbocycles. The second-order valence-corrected chi connectivity index (χ2v) is 4.28. The molecule has 10 heteroatoms. The van der Waals surface area contributed by atoms with Gasteiger partial charge in [-0.3, -0.25) is 0 Å². The summed E-state index contributed by atoms with van der Waals surface area (Å²) in [6, 6.07) is 5.03. The van der Waals surface area contributed by atoms with Gasteiger partial charge in [0, 0.05) is 14.1 Å². The maximum Gasteiger partial charge on any atom is 0.414 e. The highest BCUT2D eigenvalue weighted by molar-refractivity contribution is 5.82. The highest BCUT2D eigenvalue weighted by Gasteiger charge is 2.11. The van der Waals surface area contributed by atoms with Gasteiger partial charge in [0.15, 0.2) is 11.5 Å². The highest BCUT2D eigenvalue weighted by Crippen LogP contribution is 2.28. The van der Waals surface area contributed by atoms with E-state index in [-0.39, 0.29) is 5.95 Å². The number of methoxy groups -OCH3 is 1. The molecule has 0 saturated heterocycles. The van der Waals surface area contributed by atoms with Crippen molar-refractivity contribution in [3.8, 4) is 11.5 Å². The Hall–Kier alpha value is -3.17. The van der Waals surface area contributed by atoms with Crippen molar-refractivity contribution < 1.29 is 14.3 Å². The Morgan fingerprint density at radius 1 is 1.41 bits per heavy atom. The minimum absolute atomic E-state index is 0.250. The SMILES string of the molecule is COc1cc(/C=N\Nc2nn[nH]n2)ccc1OC(=O)N(C)C. The molecule has 0 saturated carbocycles. The lowest BCUT2D eigenvalue weighted by molar-refractivity contribution is 0.170. The number of carbonyl (C=O) groups is 1. The lowest BCUT2D eigenvalue weighted by atomic mass is 10.2. The van der Waals surface area contributed by atoms with Crippen molar-refractivity contribution in [3.05, 3.63) is 23.8 Å². The summed E-state index contributed by atoms with van der Waals surface area (Å²) in [4.78, 5) is 12.9. The third-order valence-electron chi connectivity index (χ3n) is 2.47. The fourth-order valence-corrected chi connectivity index (χ4v) is 1.41. The van der Waals surface area contributed by atoms with Gasteiger partial charge >= 0.3 is 6.09 Å². The number of hydrogen-bond donors (Lipinski definition) is 2. The first-order valence-electron chi connectivity index (χ1n) is 6.20. The second kappa shape index (κ2) is 7.02. The van der Waals surface area contributed by atoms with E-state index in [9.17, 15) is 4.79 Å². The van der Waals surface area contributed by atoms with Crippen LogP contribution < -0.4 is 14.9 Å². The fourth-order valence-electron chi connectivity index (χ4n) is 1.41. The minimum atomic E-state index is -0.488. The second-order valence-electron chi connectivity index (χ2n) is 4.28. The van der Waals surface area contributed by atoms with Crippen LogP contribution in [0.2, 0.25) is 0 Å². The molecule has 0 unspecified atom stereocenters. The first-order valence-corrected chi connectivity index (χ1v) is 6.20. The Kier molecular flexibility index (Phi) is 4.85. The zero-order valence-corrected chi connectivity index (χ0v) is 12.3. The van der Waals surface area contributed by atoms with Gasteiger partial charge in [0.05, 0.1) is 13.3 Å². The molecular formula is C12H15N7O3. The molecule has 0 spiro atoms. The lowest BCUT2D eigenvalue weighted by Crippen LogP contribution is -2.25.